The van der Waals surface area contributed by atoms with E-state index in [9.17, 15) is 9.59 Å². The van der Waals surface area contributed by atoms with E-state index in [1.165, 1.54) is 23.4 Å². The fraction of sp³-hybridized carbons (Fsp3) is 0.641. The van der Waals surface area contributed by atoms with Gasteiger partial charge in [-0.1, -0.05) is 96.2 Å². The van der Waals surface area contributed by atoms with Crippen LogP contribution in [-0.2, 0) is 29.6 Å². The minimum absolute atomic E-state index is 0.0256. The molecule has 9 heteroatoms. The van der Waals surface area contributed by atoms with Gasteiger partial charge in [0, 0.05) is 12.3 Å². The van der Waals surface area contributed by atoms with E-state index < -0.39 is 22.2 Å². The Morgan fingerprint density at radius 2 is 1.56 bits per heavy atom. The molecule has 3 rings (SSSR count). The van der Waals surface area contributed by atoms with Gasteiger partial charge >= 0.3 is 5.97 Å². The molecule has 0 aliphatic heterocycles. The molecular weight excluding hydrogens is 669 g/mol. The van der Waals surface area contributed by atoms with Gasteiger partial charge in [0.05, 0.1) is 29.8 Å². The summed E-state index contributed by atoms with van der Waals surface area (Å²) in [6, 6.07) is 15.3. The fourth-order valence-corrected chi connectivity index (χ4v) is 10.8. The molecule has 0 spiro atoms. The Morgan fingerprint density at radius 1 is 0.917 bits per heavy atom. The number of fused-ring (bicyclic) bond motifs is 1. The van der Waals surface area contributed by atoms with Crippen LogP contribution in [-0.4, -0.2) is 69.7 Å². The number of benzene rings is 2. The van der Waals surface area contributed by atoms with Crippen molar-refractivity contribution in [2.45, 2.75) is 127 Å². The number of Topliss-reactive ketones (excluding diaryl/α,β-unsaturated/α-hetero) is 1. The van der Waals surface area contributed by atoms with E-state index in [2.05, 4.69) is 129 Å². The van der Waals surface area contributed by atoms with Gasteiger partial charge in [-0.15, -0.1) is 11.8 Å². The number of hydrogen-bond donors (Lipinski definition) is 0. The van der Waals surface area contributed by atoms with Crippen LogP contribution in [0.5, 0.6) is 0 Å². The highest BCUT2D eigenvalue weighted by Gasteiger charge is 2.48. The zero-order valence-electron chi connectivity index (χ0n) is 31.7. The van der Waals surface area contributed by atoms with Gasteiger partial charge in [0.25, 0.3) is 0 Å². The summed E-state index contributed by atoms with van der Waals surface area (Å²) >= 11 is 3.34. The van der Waals surface area contributed by atoms with Crippen LogP contribution in [0.2, 0.25) is 36.3 Å². The van der Waals surface area contributed by atoms with E-state index in [4.69, 9.17) is 13.6 Å². The van der Waals surface area contributed by atoms with E-state index in [-0.39, 0.29) is 39.1 Å². The van der Waals surface area contributed by atoms with Crippen LogP contribution in [0.3, 0.4) is 0 Å². The zero-order chi connectivity index (χ0) is 36.0. The highest BCUT2D eigenvalue weighted by atomic mass is 32.2. The lowest BCUT2D eigenvalue weighted by molar-refractivity contribution is -0.137. The first kappa shape index (κ1) is 41.1. The summed E-state index contributed by atoms with van der Waals surface area (Å²) in [4.78, 5) is 25.2. The van der Waals surface area contributed by atoms with Crippen molar-refractivity contribution in [1.82, 2.24) is 0 Å². The van der Waals surface area contributed by atoms with E-state index in [0.717, 1.165) is 30.8 Å². The number of carbonyl (C=O) groups is 2. The maximum Gasteiger partial charge on any atom is 0.315 e. The summed E-state index contributed by atoms with van der Waals surface area (Å²) in [5.74, 6) is 2.15. The van der Waals surface area contributed by atoms with Gasteiger partial charge < -0.3 is 13.6 Å². The molecule has 1 aliphatic carbocycles. The quantitative estimate of drug-likeness (QED) is 0.0737. The Balaban J connectivity index is 1.90. The van der Waals surface area contributed by atoms with Crippen LogP contribution in [0.15, 0.2) is 54.6 Å². The second-order valence-electron chi connectivity index (χ2n) is 16.7. The van der Waals surface area contributed by atoms with Crippen molar-refractivity contribution >= 4 is 62.7 Å². The highest BCUT2D eigenvalue weighted by molar-refractivity contribution is 8.01. The SMILES string of the molecule is COC(=O)CSCCCS[C@H]1C(=O)C[C@H](O[Si](C)(C)C(C)(C)C)[C@@H]1/C=C/C(C)(CCc1ccc2ccccc2c1)O[Si](C)(C)C(C)(C)C. The average Bonchev–Trinajstić information content (AvgIpc) is 3.27. The Hall–Kier alpha value is -1.37. The maximum atomic E-state index is 13.7. The molecule has 0 heterocycles. The molecule has 0 saturated heterocycles. The first-order chi connectivity index (χ1) is 22.2. The molecule has 2 aromatic rings. The lowest BCUT2D eigenvalue weighted by Crippen LogP contribution is -2.48. The van der Waals surface area contributed by atoms with Crippen LogP contribution >= 0.6 is 23.5 Å². The third-order valence-corrected chi connectivity index (χ3v) is 22.2. The molecular formula is C39H62O5S2Si2. The molecule has 0 aromatic heterocycles. The summed E-state index contributed by atoms with van der Waals surface area (Å²) in [5.41, 5.74) is 0.808. The van der Waals surface area contributed by atoms with Crippen LogP contribution in [0, 0.1) is 5.92 Å². The van der Waals surface area contributed by atoms with Gasteiger partial charge in [-0.3, -0.25) is 9.59 Å². The van der Waals surface area contributed by atoms with Gasteiger partial charge in [0.2, 0.25) is 0 Å². The molecule has 0 amide bonds. The molecule has 0 bridgehead atoms. The minimum atomic E-state index is -2.14. The van der Waals surface area contributed by atoms with Crippen molar-refractivity contribution in [1.29, 1.82) is 0 Å². The largest absolute Gasteiger partial charge is 0.468 e. The number of carbonyl (C=O) groups excluding carboxylic acids is 2. The third-order valence-electron chi connectivity index (χ3n) is 10.6. The zero-order valence-corrected chi connectivity index (χ0v) is 35.4. The van der Waals surface area contributed by atoms with Crippen molar-refractivity contribution in [3.63, 3.8) is 0 Å². The first-order valence-electron chi connectivity index (χ1n) is 17.5. The predicted octanol–water partition coefficient (Wildman–Crippen LogP) is 10.5. The molecule has 268 valence electrons. The molecule has 4 atom stereocenters. The summed E-state index contributed by atoms with van der Waals surface area (Å²) in [6.07, 6.45) is 7.57. The Kier molecular flexibility index (Phi) is 14.3. The summed E-state index contributed by atoms with van der Waals surface area (Å²) in [6.45, 7) is 25.1. The number of ether oxygens (including phenoxy) is 1. The van der Waals surface area contributed by atoms with E-state index in [1.807, 2.05) is 0 Å². The summed E-state index contributed by atoms with van der Waals surface area (Å²) in [7, 11) is -2.84. The smallest absolute Gasteiger partial charge is 0.315 e. The molecule has 1 unspecified atom stereocenters. The van der Waals surface area contributed by atoms with Gasteiger partial charge in [0.1, 0.15) is 5.78 Å². The standard InChI is InChI=1S/C39H62O5S2Si2/c1-37(2,3)47(9,10)43-34-27-33(40)36(46-25-15-24-45-28-35(41)42-8)32(34)21-23-39(7,44-48(11,12)38(4,5)6)22-20-29-18-19-30-16-13-14-17-31(30)26-29/h13-14,16-19,21,23,26,32,34,36H,15,20,22,24-25,27-28H2,1-12H3/b23-21+/t32-,34-,36+,39?/m0/s1. The van der Waals surface area contributed by atoms with E-state index in [1.54, 1.807) is 23.5 Å². The Labute approximate surface area is 302 Å². The molecule has 2 aromatic carbocycles. The number of thioether (sulfide) groups is 2. The number of methoxy groups -OCH3 is 1. The van der Waals surface area contributed by atoms with Gasteiger partial charge in [0.15, 0.2) is 16.6 Å². The van der Waals surface area contributed by atoms with Crippen molar-refractivity contribution < 1.29 is 23.2 Å². The number of rotatable bonds is 16. The second kappa shape index (κ2) is 16.8. The van der Waals surface area contributed by atoms with Crippen LogP contribution < -0.4 is 0 Å². The second-order valence-corrected chi connectivity index (χ2v) is 28.5. The van der Waals surface area contributed by atoms with E-state index in [0.29, 0.717) is 12.2 Å². The van der Waals surface area contributed by atoms with Gasteiger partial charge in [-0.2, -0.15) is 11.8 Å². The molecule has 0 N–H and O–H groups in total. The molecule has 0 radical (unpaired) electrons. The Bertz CT molecular complexity index is 1410. The molecule has 1 aliphatic rings. The van der Waals surface area contributed by atoms with Crippen LogP contribution in [0.25, 0.3) is 10.8 Å². The van der Waals surface area contributed by atoms with Crippen molar-refractivity contribution in [2.75, 3.05) is 24.4 Å². The van der Waals surface area contributed by atoms with Gasteiger partial charge in [-0.05, 0) is 90.3 Å². The molecule has 48 heavy (non-hydrogen) atoms. The maximum absolute atomic E-state index is 13.7. The average molecular weight is 731 g/mol. The van der Waals surface area contributed by atoms with Crippen molar-refractivity contribution in [3.8, 4) is 0 Å². The summed E-state index contributed by atoms with van der Waals surface area (Å²) in [5, 5.41) is 2.47. The van der Waals surface area contributed by atoms with E-state index >= 15 is 0 Å². The normalized spacial score (nSPS) is 20.8. The number of aryl methyl sites for hydroxylation is 1. The number of esters is 1. The lowest BCUT2D eigenvalue weighted by Gasteiger charge is -2.43. The lowest BCUT2D eigenvalue weighted by atomic mass is 9.93. The monoisotopic (exact) mass is 730 g/mol. The number of ketones is 1. The third kappa shape index (κ3) is 11.3. The molecule has 5 nitrogen and oxygen atoms in total. The van der Waals surface area contributed by atoms with Crippen molar-refractivity contribution in [2.24, 2.45) is 5.92 Å². The topological polar surface area (TPSA) is 61.8 Å². The number of hydrogen-bond acceptors (Lipinski definition) is 7. The summed E-state index contributed by atoms with van der Waals surface area (Å²) < 4.78 is 19.0. The predicted molar refractivity (Wildman–Crippen MR) is 213 cm³/mol. The first-order valence-corrected chi connectivity index (χ1v) is 25.5. The van der Waals surface area contributed by atoms with Crippen LogP contribution in [0.1, 0.15) is 73.3 Å². The van der Waals surface area contributed by atoms with Crippen LogP contribution in [0.4, 0.5) is 0 Å². The minimum Gasteiger partial charge on any atom is -0.468 e. The fourth-order valence-electron chi connectivity index (χ4n) is 5.56. The highest BCUT2D eigenvalue weighted by Crippen LogP contribution is 2.44. The molecule has 1 saturated carbocycles. The Morgan fingerprint density at radius 3 is 2.19 bits per heavy atom. The van der Waals surface area contributed by atoms with Crippen molar-refractivity contribution in [3.05, 3.63) is 60.2 Å². The molecule has 1 fully saturated rings. The van der Waals surface area contributed by atoms with Gasteiger partial charge in [-0.25, -0.2) is 0 Å².